The Morgan fingerprint density at radius 3 is 2.46 bits per heavy atom. The summed E-state index contributed by atoms with van der Waals surface area (Å²) in [5.74, 6) is 0. The third-order valence-corrected chi connectivity index (χ3v) is 2.84. The summed E-state index contributed by atoms with van der Waals surface area (Å²) in [5.41, 5.74) is 8.94. The maximum Gasteiger partial charge on any atom is 0.0852 e. The fourth-order valence-corrected chi connectivity index (χ4v) is 1.95. The lowest BCUT2D eigenvalue weighted by Gasteiger charge is -2.02. The molecule has 1 heterocycles. The number of H-pyrrole nitrogens is 1. The lowest BCUT2D eigenvalue weighted by molar-refractivity contribution is 1.35. The summed E-state index contributed by atoms with van der Waals surface area (Å²) in [7, 11) is 0. The van der Waals surface area contributed by atoms with E-state index >= 15 is 0 Å². The molecule has 0 saturated heterocycles. The highest BCUT2D eigenvalue weighted by molar-refractivity contribution is 14.1. The van der Waals surface area contributed by atoms with Crippen molar-refractivity contribution in [2.45, 2.75) is 0 Å². The van der Waals surface area contributed by atoms with Crippen LogP contribution in [0.3, 0.4) is 0 Å². The zero-order valence-corrected chi connectivity index (χ0v) is 9.08. The van der Waals surface area contributed by atoms with Crippen LogP contribution in [0.5, 0.6) is 0 Å². The first-order chi connectivity index (χ1) is 6.29. The summed E-state index contributed by atoms with van der Waals surface area (Å²) in [4.78, 5) is 3.13. The van der Waals surface area contributed by atoms with Gasteiger partial charge in [0.05, 0.1) is 3.70 Å². The van der Waals surface area contributed by atoms with Crippen molar-refractivity contribution in [2.24, 2.45) is 0 Å². The SMILES string of the molecule is Nc1ccccc1-c1cc[nH]c1I. The second-order valence-electron chi connectivity index (χ2n) is 2.79. The van der Waals surface area contributed by atoms with Gasteiger partial charge in [-0.2, -0.15) is 0 Å². The van der Waals surface area contributed by atoms with Crippen LogP contribution in [0.25, 0.3) is 11.1 Å². The number of aromatic nitrogens is 1. The normalized spacial score (nSPS) is 10.2. The standard InChI is InChI=1S/C10H9IN2/c11-10-8(5-6-13-10)7-3-1-2-4-9(7)12/h1-6,13H,12H2. The molecule has 0 bridgehead atoms. The quantitative estimate of drug-likeness (QED) is 0.613. The zero-order valence-electron chi connectivity index (χ0n) is 6.92. The molecule has 0 radical (unpaired) electrons. The van der Waals surface area contributed by atoms with Crippen molar-refractivity contribution in [2.75, 3.05) is 5.73 Å². The molecule has 0 fully saturated rings. The minimum Gasteiger partial charge on any atom is -0.398 e. The van der Waals surface area contributed by atoms with Crippen molar-refractivity contribution >= 4 is 28.3 Å². The van der Waals surface area contributed by atoms with Gasteiger partial charge >= 0.3 is 0 Å². The summed E-state index contributed by atoms with van der Waals surface area (Å²) in [5, 5.41) is 0. The number of halogens is 1. The van der Waals surface area contributed by atoms with Gasteiger partial charge in [-0.1, -0.05) is 18.2 Å². The Bertz CT molecular complexity index is 420. The fraction of sp³-hybridized carbons (Fsp3) is 0. The van der Waals surface area contributed by atoms with Crippen molar-refractivity contribution in [3.8, 4) is 11.1 Å². The molecule has 0 atom stereocenters. The monoisotopic (exact) mass is 284 g/mol. The number of hydrogen-bond acceptors (Lipinski definition) is 1. The maximum atomic E-state index is 5.86. The molecule has 0 unspecified atom stereocenters. The van der Waals surface area contributed by atoms with Crippen LogP contribution in [0, 0.1) is 3.70 Å². The lowest BCUT2D eigenvalue weighted by Crippen LogP contribution is -1.89. The van der Waals surface area contributed by atoms with Gasteiger partial charge in [-0.05, 0) is 34.7 Å². The molecule has 0 aliphatic carbocycles. The molecule has 1 aromatic heterocycles. The van der Waals surface area contributed by atoms with Gasteiger partial charge in [-0.25, -0.2) is 0 Å². The molecule has 0 saturated carbocycles. The molecule has 66 valence electrons. The molecule has 0 aliphatic heterocycles. The Hall–Kier alpha value is -0.970. The predicted octanol–water partition coefficient (Wildman–Crippen LogP) is 2.87. The minimum atomic E-state index is 0.819. The number of aromatic amines is 1. The highest BCUT2D eigenvalue weighted by Gasteiger charge is 2.05. The Labute approximate surface area is 90.3 Å². The molecule has 3 N–H and O–H groups in total. The van der Waals surface area contributed by atoms with Gasteiger partial charge in [0, 0.05) is 23.0 Å². The van der Waals surface area contributed by atoms with Crippen LogP contribution in [0.4, 0.5) is 5.69 Å². The van der Waals surface area contributed by atoms with Crippen LogP contribution in [0.2, 0.25) is 0 Å². The summed E-state index contributed by atoms with van der Waals surface area (Å²) in [6.07, 6.45) is 1.92. The maximum absolute atomic E-state index is 5.86. The van der Waals surface area contributed by atoms with E-state index in [1.165, 1.54) is 5.56 Å². The van der Waals surface area contributed by atoms with Gasteiger partial charge in [0.15, 0.2) is 0 Å². The highest BCUT2D eigenvalue weighted by atomic mass is 127. The van der Waals surface area contributed by atoms with E-state index in [1.807, 2.05) is 36.5 Å². The van der Waals surface area contributed by atoms with Gasteiger partial charge in [0.25, 0.3) is 0 Å². The third-order valence-electron chi connectivity index (χ3n) is 1.95. The molecule has 0 spiro atoms. The van der Waals surface area contributed by atoms with E-state index in [0.717, 1.165) is 15.0 Å². The summed E-state index contributed by atoms with van der Waals surface area (Å²) in [6.45, 7) is 0. The van der Waals surface area contributed by atoms with Gasteiger partial charge in [0.2, 0.25) is 0 Å². The number of nitrogens with two attached hydrogens (primary N) is 1. The van der Waals surface area contributed by atoms with Gasteiger partial charge < -0.3 is 10.7 Å². The van der Waals surface area contributed by atoms with Crippen LogP contribution in [-0.4, -0.2) is 4.98 Å². The Morgan fingerprint density at radius 2 is 1.85 bits per heavy atom. The van der Waals surface area contributed by atoms with E-state index in [-0.39, 0.29) is 0 Å². The summed E-state index contributed by atoms with van der Waals surface area (Å²) >= 11 is 2.26. The van der Waals surface area contributed by atoms with Crippen LogP contribution >= 0.6 is 22.6 Å². The number of para-hydroxylation sites is 1. The first-order valence-corrected chi connectivity index (χ1v) is 5.04. The molecule has 0 aliphatic rings. The van der Waals surface area contributed by atoms with Crippen molar-refractivity contribution in [1.29, 1.82) is 0 Å². The number of hydrogen-bond donors (Lipinski definition) is 2. The molecule has 2 aromatic rings. The second kappa shape index (κ2) is 3.41. The molecule has 2 rings (SSSR count). The minimum absolute atomic E-state index is 0.819. The van der Waals surface area contributed by atoms with Gasteiger partial charge in [-0.15, -0.1) is 0 Å². The Kier molecular flexibility index (Phi) is 2.26. The molecule has 1 aromatic carbocycles. The topological polar surface area (TPSA) is 41.8 Å². The van der Waals surface area contributed by atoms with E-state index in [1.54, 1.807) is 0 Å². The predicted molar refractivity (Wildman–Crippen MR) is 63.4 cm³/mol. The average molecular weight is 284 g/mol. The molecular weight excluding hydrogens is 275 g/mol. The number of nitrogen functional groups attached to an aromatic ring is 1. The number of benzene rings is 1. The smallest absolute Gasteiger partial charge is 0.0852 e. The molecule has 13 heavy (non-hydrogen) atoms. The number of anilines is 1. The average Bonchev–Trinajstić information content (AvgIpc) is 2.52. The van der Waals surface area contributed by atoms with E-state index in [9.17, 15) is 0 Å². The lowest BCUT2D eigenvalue weighted by atomic mass is 10.1. The van der Waals surface area contributed by atoms with Crippen molar-refractivity contribution < 1.29 is 0 Å². The summed E-state index contributed by atoms with van der Waals surface area (Å²) < 4.78 is 1.12. The molecule has 0 amide bonds. The Balaban J connectivity index is 2.59. The molecular formula is C10H9IN2. The van der Waals surface area contributed by atoms with E-state index in [2.05, 4.69) is 27.6 Å². The van der Waals surface area contributed by atoms with E-state index in [0.29, 0.717) is 0 Å². The van der Waals surface area contributed by atoms with E-state index < -0.39 is 0 Å². The van der Waals surface area contributed by atoms with Crippen molar-refractivity contribution in [3.63, 3.8) is 0 Å². The first-order valence-electron chi connectivity index (χ1n) is 3.97. The molecule has 3 heteroatoms. The van der Waals surface area contributed by atoms with Crippen molar-refractivity contribution in [3.05, 3.63) is 40.2 Å². The third kappa shape index (κ3) is 1.56. The largest absolute Gasteiger partial charge is 0.398 e. The van der Waals surface area contributed by atoms with E-state index in [4.69, 9.17) is 5.73 Å². The summed E-state index contributed by atoms with van der Waals surface area (Å²) in [6, 6.07) is 9.92. The number of rotatable bonds is 1. The van der Waals surface area contributed by atoms with Crippen molar-refractivity contribution in [1.82, 2.24) is 4.98 Å². The van der Waals surface area contributed by atoms with Gasteiger partial charge in [-0.3, -0.25) is 0 Å². The second-order valence-corrected chi connectivity index (χ2v) is 3.87. The fourth-order valence-electron chi connectivity index (χ4n) is 1.30. The Morgan fingerprint density at radius 1 is 1.08 bits per heavy atom. The highest BCUT2D eigenvalue weighted by Crippen LogP contribution is 2.28. The van der Waals surface area contributed by atoms with Crippen LogP contribution < -0.4 is 5.73 Å². The zero-order chi connectivity index (χ0) is 9.26. The van der Waals surface area contributed by atoms with Crippen LogP contribution in [0.15, 0.2) is 36.5 Å². The first kappa shape index (κ1) is 8.62. The van der Waals surface area contributed by atoms with Crippen LogP contribution in [0.1, 0.15) is 0 Å². The molecule has 2 nitrogen and oxygen atoms in total. The number of nitrogens with one attached hydrogen (secondary N) is 1. The van der Waals surface area contributed by atoms with Crippen LogP contribution in [-0.2, 0) is 0 Å². The van der Waals surface area contributed by atoms with Gasteiger partial charge in [0.1, 0.15) is 0 Å².